The smallest absolute Gasteiger partial charge is 0.191 e. The molecule has 112 valence electrons. The van der Waals surface area contributed by atoms with Gasteiger partial charge >= 0.3 is 0 Å². The number of nitrogens with one attached hydrogen (secondary N) is 2. The van der Waals surface area contributed by atoms with Crippen LogP contribution < -0.4 is 15.4 Å². The van der Waals surface area contributed by atoms with Gasteiger partial charge in [-0.25, -0.2) is 4.99 Å². The van der Waals surface area contributed by atoms with Crippen molar-refractivity contribution in [2.75, 3.05) is 33.4 Å². The van der Waals surface area contributed by atoms with Gasteiger partial charge in [0, 0.05) is 20.2 Å². The average molecular weight is 279 g/mol. The number of nitrogens with zero attached hydrogens (tertiary/aromatic N) is 1. The number of rotatable bonds is 8. The van der Waals surface area contributed by atoms with Crippen LogP contribution in [0.5, 0.6) is 5.75 Å². The second-order valence-electron chi connectivity index (χ2n) is 4.21. The van der Waals surface area contributed by atoms with Crippen LogP contribution in [0.3, 0.4) is 0 Å². The Kier molecular flexibility index (Phi) is 8.22. The third-order valence-electron chi connectivity index (χ3n) is 2.59. The highest BCUT2D eigenvalue weighted by molar-refractivity contribution is 5.79. The Morgan fingerprint density at radius 1 is 1.05 bits per heavy atom. The molecule has 0 aromatic heterocycles. The quantitative estimate of drug-likeness (QED) is 0.433. The van der Waals surface area contributed by atoms with E-state index in [-0.39, 0.29) is 0 Å². The molecule has 0 aliphatic carbocycles. The molecular weight excluding hydrogens is 254 g/mol. The number of methoxy groups -OCH3 is 1. The number of guanidine groups is 1. The van der Waals surface area contributed by atoms with Gasteiger partial charge in [0.2, 0.25) is 0 Å². The van der Waals surface area contributed by atoms with Crippen molar-refractivity contribution in [3.05, 3.63) is 29.8 Å². The highest BCUT2D eigenvalue weighted by Gasteiger charge is 1.97. The maximum atomic E-state index is 5.52. The largest absolute Gasteiger partial charge is 0.491 e. The fourth-order valence-corrected chi connectivity index (χ4v) is 1.61. The molecule has 0 heterocycles. The standard InChI is InChI=1S/C15H25N3O2/c1-4-16-15(17-5-2)18-12-13-6-8-14(9-7-13)20-11-10-19-3/h6-9H,4-5,10-12H2,1-3H3,(H2,16,17,18). The van der Waals surface area contributed by atoms with Crippen molar-refractivity contribution in [2.24, 2.45) is 4.99 Å². The molecule has 5 heteroatoms. The van der Waals surface area contributed by atoms with Gasteiger partial charge in [0.15, 0.2) is 5.96 Å². The van der Waals surface area contributed by atoms with E-state index in [1.54, 1.807) is 7.11 Å². The normalized spacial score (nSPS) is 9.95. The molecule has 0 saturated carbocycles. The van der Waals surface area contributed by atoms with Gasteiger partial charge < -0.3 is 20.1 Å². The molecule has 0 unspecified atom stereocenters. The van der Waals surface area contributed by atoms with E-state index in [1.165, 1.54) is 0 Å². The lowest BCUT2D eigenvalue weighted by atomic mass is 10.2. The summed E-state index contributed by atoms with van der Waals surface area (Å²) in [6.07, 6.45) is 0. The lowest BCUT2D eigenvalue weighted by molar-refractivity contribution is 0.146. The Morgan fingerprint density at radius 3 is 2.25 bits per heavy atom. The molecule has 0 aliphatic heterocycles. The van der Waals surface area contributed by atoms with Gasteiger partial charge in [-0.05, 0) is 31.5 Å². The Balaban J connectivity index is 2.49. The van der Waals surface area contributed by atoms with E-state index >= 15 is 0 Å². The van der Waals surface area contributed by atoms with Crippen LogP contribution in [0.4, 0.5) is 0 Å². The monoisotopic (exact) mass is 279 g/mol. The minimum absolute atomic E-state index is 0.568. The van der Waals surface area contributed by atoms with E-state index in [9.17, 15) is 0 Å². The predicted molar refractivity (Wildman–Crippen MR) is 82.3 cm³/mol. The van der Waals surface area contributed by atoms with Crippen LogP contribution in [0, 0.1) is 0 Å². The zero-order chi connectivity index (χ0) is 14.6. The summed E-state index contributed by atoms with van der Waals surface area (Å²) in [5.74, 6) is 1.70. The van der Waals surface area contributed by atoms with Gasteiger partial charge in [0.05, 0.1) is 13.2 Å². The third kappa shape index (κ3) is 6.43. The molecule has 0 spiro atoms. The van der Waals surface area contributed by atoms with Crippen LogP contribution in [0.2, 0.25) is 0 Å². The lowest BCUT2D eigenvalue weighted by Gasteiger charge is -2.09. The fraction of sp³-hybridized carbons (Fsp3) is 0.533. The SMILES string of the molecule is CCNC(=NCc1ccc(OCCOC)cc1)NCC. The maximum absolute atomic E-state index is 5.52. The van der Waals surface area contributed by atoms with Crippen molar-refractivity contribution in [1.82, 2.24) is 10.6 Å². The van der Waals surface area contributed by atoms with Gasteiger partial charge in [-0.2, -0.15) is 0 Å². The second kappa shape index (κ2) is 10.1. The predicted octanol–water partition coefficient (Wildman–Crippen LogP) is 1.79. The maximum Gasteiger partial charge on any atom is 0.191 e. The van der Waals surface area contributed by atoms with E-state index in [0.29, 0.717) is 19.8 Å². The molecule has 1 aromatic rings. The van der Waals surface area contributed by atoms with E-state index in [0.717, 1.165) is 30.4 Å². The van der Waals surface area contributed by atoms with E-state index in [1.807, 2.05) is 24.3 Å². The van der Waals surface area contributed by atoms with E-state index in [4.69, 9.17) is 9.47 Å². The van der Waals surface area contributed by atoms with E-state index < -0.39 is 0 Å². The summed E-state index contributed by atoms with van der Waals surface area (Å²) in [5.41, 5.74) is 1.15. The van der Waals surface area contributed by atoms with Gasteiger partial charge in [0.1, 0.15) is 12.4 Å². The lowest BCUT2D eigenvalue weighted by Crippen LogP contribution is -2.36. The van der Waals surface area contributed by atoms with E-state index in [2.05, 4.69) is 29.5 Å². The van der Waals surface area contributed by atoms with Crippen molar-refractivity contribution >= 4 is 5.96 Å². The summed E-state index contributed by atoms with van der Waals surface area (Å²) in [5, 5.41) is 6.40. The van der Waals surface area contributed by atoms with Crippen LogP contribution in [0.15, 0.2) is 29.3 Å². The first-order valence-corrected chi connectivity index (χ1v) is 7.03. The molecule has 0 atom stereocenters. The summed E-state index contributed by atoms with van der Waals surface area (Å²) in [4.78, 5) is 4.51. The highest BCUT2D eigenvalue weighted by Crippen LogP contribution is 2.12. The molecule has 1 rings (SSSR count). The Hall–Kier alpha value is -1.75. The summed E-state index contributed by atoms with van der Waals surface area (Å²) in [6, 6.07) is 7.98. The second-order valence-corrected chi connectivity index (χ2v) is 4.21. The minimum atomic E-state index is 0.568. The number of aliphatic imine (C=N–C) groups is 1. The molecule has 5 nitrogen and oxygen atoms in total. The molecule has 0 aliphatic rings. The zero-order valence-electron chi connectivity index (χ0n) is 12.6. The van der Waals surface area contributed by atoms with Crippen LogP contribution in [0.1, 0.15) is 19.4 Å². The van der Waals surface area contributed by atoms with Gasteiger partial charge in [-0.15, -0.1) is 0 Å². The van der Waals surface area contributed by atoms with Crippen LogP contribution >= 0.6 is 0 Å². The van der Waals surface area contributed by atoms with Crippen molar-refractivity contribution in [3.63, 3.8) is 0 Å². The van der Waals surface area contributed by atoms with Crippen molar-refractivity contribution in [3.8, 4) is 5.75 Å². The molecule has 0 radical (unpaired) electrons. The molecule has 0 amide bonds. The molecule has 20 heavy (non-hydrogen) atoms. The zero-order valence-corrected chi connectivity index (χ0v) is 12.6. The van der Waals surface area contributed by atoms with Crippen LogP contribution in [-0.2, 0) is 11.3 Å². The Labute approximate surface area is 121 Å². The first kappa shape index (κ1) is 16.3. The summed E-state index contributed by atoms with van der Waals surface area (Å²) < 4.78 is 10.5. The topological polar surface area (TPSA) is 54.9 Å². The Bertz CT molecular complexity index is 383. The molecule has 0 bridgehead atoms. The number of hydrogen-bond acceptors (Lipinski definition) is 3. The van der Waals surface area contributed by atoms with Gasteiger partial charge in [-0.1, -0.05) is 12.1 Å². The number of benzene rings is 1. The third-order valence-corrected chi connectivity index (χ3v) is 2.59. The van der Waals surface area contributed by atoms with Crippen LogP contribution in [-0.4, -0.2) is 39.4 Å². The number of ether oxygens (including phenoxy) is 2. The molecular formula is C15H25N3O2. The molecule has 0 fully saturated rings. The Morgan fingerprint density at radius 2 is 1.70 bits per heavy atom. The fourth-order valence-electron chi connectivity index (χ4n) is 1.61. The molecule has 0 saturated heterocycles. The molecule has 2 N–H and O–H groups in total. The van der Waals surface area contributed by atoms with Crippen molar-refractivity contribution < 1.29 is 9.47 Å². The summed E-state index contributed by atoms with van der Waals surface area (Å²) in [7, 11) is 1.66. The summed E-state index contributed by atoms with van der Waals surface area (Å²) >= 11 is 0. The average Bonchev–Trinajstić information content (AvgIpc) is 2.47. The summed E-state index contributed by atoms with van der Waals surface area (Å²) in [6.45, 7) is 7.64. The first-order chi connectivity index (χ1) is 9.80. The minimum Gasteiger partial charge on any atom is -0.491 e. The highest BCUT2D eigenvalue weighted by atomic mass is 16.5. The van der Waals surface area contributed by atoms with Gasteiger partial charge in [0.25, 0.3) is 0 Å². The van der Waals surface area contributed by atoms with Crippen molar-refractivity contribution in [1.29, 1.82) is 0 Å². The van der Waals surface area contributed by atoms with Crippen molar-refractivity contribution in [2.45, 2.75) is 20.4 Å². The van der Waals surface area contributed by atoms with Gasteiger partial charge in [-0.3, -0.25) is 0 Å². The first-order valence-electron chi connectivity index (χ1n) is 7.03. The number of hydrogen-bond donors (Lipinski definition) is 2. The molecule has 1 aromatic carbocycles. The van der Waals surface area contributed by atoms with Crippen LogP contribution in [0.25, 0.3) is 0 Å².